The summed E-state index contributed by atoms with van der Waals surface area (Å²) in [5.41, 5.74) is 6.60. The molecule has 1 saturated heterocycles. The molecule has 0 spiro atoms. The van der Waals surface area contributed by atoms with Crippen LogP contribution in [0.5, 0.6) is 0 Å². The molecule has 1 aliphatic rings. The summed E-state index contributed by atoms with van der Waals surface area (Å²) >= 11 is 0. The van der Waals surface area contributed by atoms with E-state index in [1.807, 2.05) is 30.3 Å². The fourth-order valence-electron chi connectivity index (χ4n) is 2.51. The topological polar surface area (TPSA) is 55.1 Å². The molecular weight excluding hydrogens is 200 g/mol. The Morgan fingerprint density at radius 1 is 1.25 bits per heavy atom. The summed E-state index contributed by atoms with van der Waals surface area (Å²) < 4.78 is 0. The van der Waals surface area contributed by atoms with E-state index in [9.17, 15) is 4.79 Å². The van der Waals surface area contributed by atoms with E-state index in [4.69, 9.17) is 5.73 Å². The second-order valence-electron chi connectivity index (χ2n) is 4.38. The van der Waals surface area contributed by atoms with Crippen LogP contribution in [-0.4, -0.2) is 19.0 Å². The molecule has 3 heteroatoms. The second kappa shape index (κ2) is 5.12. The predicted molar refractivity (Wildman–Crippen MR) is 64.0 cm³/mol. The second-order valence-corrected chi connectivity index (χ2v) is 4.38. The van der Waals surface area contributed by atoms with Crippen molar-refractivity contribution in [1.29, 1.82) is 0 Å². The molecule has 1 unspecified atom stereocenters. The zero-order chi connectivity index (χ0) is 11.4. The van der Waals surface area contributed by atoms with Gasteiger partial charge in [0.05, 0.1) is 5.92 Å². The van der Waals surface area contributed by atoms with Crippen molar-refractivity contribution < 1.29 is 4.79 Å². The summed E-state index contributed by atoms with van der Waals surface area (Å²) in [4.78, 5) is 11.6. The first kappa shape index (κ1) is 11.1. The van der Waals surface area contributed by atoms with Crippen LogP contribution >= 0.6 is 0 Å². The lowest BCUT2D eigenvalue weighted by Gasteiger charge is -2.29. The standard InChI is InChI=1S/C13H18N2O/c14-13(16)12(10-4-2-1-3-5-10)11-6-8-15-9-7-11/h1-5,11-12,15H,6-9H2,(H2,14,16). The number of piperidine rings is 1. The monoisotopic (exact) mass is 218 g/mol. The van der Waals surface area contributed by atoms with Crippen molar-refractivity contribution in [3.63, 3.8) is 0 Å². The quantitative estimate of drug-likeness (QED) is 0.802. The number of amides is 1. The van der Waals surface area contributed by atoms with Gasteiger partial charge in [0.25, 0.3) is 0 Å². The predicted octanol–water partition coefficient (Wildman–Crippen LogP) is 1.26. The minimum atomic E-state index is -0.196. The van der Waals surface area contributed by atoms with E-state index in [1.165, 1.54) is 0 Å². The van der Waals surface area contributed by atoms with Gasteiger partial charge in [-0.15, -0.1) is 0 Å². The molecule has 16 heavy (non-hydrogen) atoms. The van der Waals surface area contributed by atoms with Crippen LogP contribution in [0.2, 0.25) is 0 Å². The van der Waals surface area contributed by atoms with Crippen molar-refractivity contribution in [3.8, 4) is 0 Å². The first-order valence-corrected chi connectivity index (χ1v) is 5.84. The van der Waals surface area contributed by atoms with Crippen molar-refractivity contribution in [2.75, 3.05) is 13.1 Å². The number of nitrogens with two attached hydrogens (primary N) is 1. The number of hydrogen-bond acceptors (Lipinski definition) is 2. The maximum Gasteiger partial charge on any atom is 0.225 e. The van der Waals surface area contributed by atoms with Gasteiger partial charge in [0.15, 0.2) is 0 Å². The number of nitrogens with one attached hydrogen (secondary N) is 1. The highest BCUT2D eigenvalue weighted by Crippen LogP contribution is 2.30. The highest BCUT2D eigenvalue weighted by molar-refractivity contribution is 5.82. The van der Waals surface area contributed by atoms with E-state index in [-0.39, 0.29) is 11.8 Å². The first-order chi connectivity index (χ1) is 7.79. The molecule has 1 atom stereocenters. The smallest absolute Gasteiger partial charge is 0.225 e. The van der Waals surface area contributed by atoms with Gasteiger partial charge in [-0.25, -0.2) is 0 Å². The lowest BCUT2D eigenvalue weighted by atomic mass is 9.80. The third-order valence-corrected chi connectivity index (χ3v) is 3.32. The molecule has 1 fully saturated rings. The molecule has 0 radical (unpaired) electrons. The Morgan fingerprint density at radius 3 is 2.44 bits per heavy atom. The largest absolute Gasteiger partial charge is 0.369 e. The van der Waals surface area contributed by atoms with Gasteiger partial charge in [-0.1, -0.05) is 30.3 Å². The zero-order valence-electron chi connectivity index (χ0n) is 9.36. The molecule has 1 aromatic rings. The van der Waals surface area contributed by atoms with Crippen LogP contribution in [0, 0.1) is 5.92 Å². The molecular formula is C13H18N2O. The first-order valence-electron chi connectivity index (χ1n) is 5.84. The van der Waals surface area contributed by atoms with Gasteiger partial charge >= 0.3 is 0 Å². The Kier molecular flexibility index (Phi) is 3.57. The minimum absolute atomic E-state index is 0.122. The van der Waals surface area contributed by atoms with Crippen LogP contribution in [-0.2, 0) is 4.79 Å². The molecule has 3 nitrogen and oxygen atoms in total. The van der Waals surface area contributed by atoms with Crippen molar-refractivity contribution in [3.05, 3.63) is 35.9 Å². The highest BCUT2D eigenvalue weighted by Gasteiger charge is 2.28. The molecule has 3 N–H and O–H groups in total. The van der Waals surface area contributed by atoms with E-state index < -0.39 is 0 Å². The molecule has 1 heterocycles. The maximum atomic E-state index is 11.6. The van der Waals surface area contributed by atoms with E-state index in [0.29, 0.717) is 5.92 Å². The third kappa shape index (κ3) is 2.42. The summed E-state index contributed by atoms with van der Waals surface area (Å²) in [7, 11) is 0. The molecule has 0 saturated carbocycles. The van der Waals surface area contributed by atoms with Crippen LogP contribution in [0.1, 0.15) is 24.3 Å². The highest BCUT2D eigenvalue weighted by atomic mass is 16.1. The third-order valence-electron chi connectivity index (χ3n) is 3.32. The Bertz CT molecular complexity index is 344. The van der Waals surface area contributed by atoms with Gasteiger partial charge in [0.1, 0.15) is 0 Å². The summed E-state index contributed by atoms with van der Waals surface area (Å²) in [6.45, 7) is 1.97. The van der Waals surface area contributed by atoms with Gasteiger partial charge < -0.3 is 11.1 Å². The minimum Gasteiger partial charge on any atom is -0.369 e. The Hall–Kier alpha value is -1.35. The van der Waals surface area contributed by atoms with Gasteiger partial charge in [-0.05, 0) is 37.4 Å². The van der Waals surface area contributed by atoms with E-state index >= 15 is 0 Å². The number of primary amides is 1. The van der Waals surface area contributed by atoms with Gasteiger partial charge in [0, 0.05) is 0 Å². The van der Waals surface area contributed by atoms with Crippen molar-refractivity contribution >= 4 is 5.91 Å². The number of carbonyl (C=O) groups excluding carboxylic acids is 1. The Balaban J connectivity index is 2.20. The molecule has 86 valence electrons. The Morgan fingerprint density at radius 2 is 1.88 bits per heavy atom. The van der Waals surface area contributed by atoms with E-state index in [2.05, 4.69) is 5.32 Å². The van der Waals surface area contributed by atoms with E-state index in [0.717, 1.165) is 31.5 Å². The van der Waals surface area contributed by atoms with Crippen LogP contribution in [0.25, 0.3) is 0 Å². The molecule has 1 aliphatic heterocycles. The van der Waals surface area contributed by atoms with E-state index in [1.54, 1.807) is 0 Å². The van der Waals surface area contributed by atoms with Gasteiger partial charge in [0.2, 0.25) is 5.91 Å². The number of carbonyl (C=O) groups is 1. The molecule has 0 aliphatic carbocycles. The molecule has 0 aromatic heterocycles. The van der Waals surface area contributed by atoms with Crippen LogP contribution in [0.15, 0.2) is 30.3 Å². The molecule has 0 bridgehead atoms. The summed E-state index contributed by atoms with van der Waals surface area (Å²) in [5.74, 6) is 0.0718. The fraction of sp³-hybridized carbons (Fsp3) is 0.462. The number of benzene rings is 1. The van der Waals surface area contributed by atoms with Crippen LogP contribution in [0.4, 0.5) is 0 Å². The fourth-order valence-corrected chi connectivity index (χ4v) is 2.51. The lowest BCUT2D eigenvalue weighted by Crippen LogP contribution is -2.36. The van der Waals surface area contributed by atoms with Gasteiger partial charge in [-0.3, -0.25) is 4.79 Å². The summed E-state index contributed by atoms with van der Waals surface area (Å²) in [5, 5.41) is 3.31. The average Bonchev–Trinajstić information content (AvgIpc) is 2.31. The molecule has 1 aromatic carbocycles. The summed E-state index contributed by atoms with van der Waals surface area (Å²) in [6.07, 6.45) is 2.06. The molecule has 1 amide bonds. The van der Waals surface area contributed by atoms with Crippen molar-refractivity contribution in [2.45, 2.75) is 18.8 Å². The number of rotatable bonds is 3. The lowest BCUT2D eigenvalue weighted by molar-refractivity contribution is -0.120. The average molecular weight is 218 g/mol. The summed E-state index contributed by atoms with van der Waals surface area (Å²) in [6, 6.07) is 9.89. The maximum absolute atomic E-state index is 11.6. The van der Waals surface area contributed by atoms with Crippen LogP contribution in [0.3, 0.4) is 0 Å². The SMILES string of the molecule is NC(=O)C(c1ccccc1)C1CCNCC1. The van der Waals surface area contributed by atoms with Gasteiger partial charge in [-0.2, -0.15) is 0 Å². The van der Waals surface area contributed by atoms with Crippen molar-refractivity contribution in [1.82, 2.24) is 5.32 Å². The Labute approximate surface area is 96.0 Å². The molecule has 2 rings (SSSR count). The normalized spacial score (nSPS) is 19.2. The zero-order valence-corrected chi connectivity index (χ0v) is 9.36. The van der Waals surface area contributed by atoms with Crippen LogP contribution < -0.4 is 11.1 Å². The van der Waals surface area contributed by atoms with Crippen molar-refractivity contribution in [2.24, 2.45) is 11.7 Å². The number of hydrogen-bond donors (Lipinski definition) is 2.